The number of halogens is 1. The van der Waals surface area contributed by atoms with Gasteiger partial charge in [0.2, 0.25) is 0 Å². The maximum atomic E-state index is 13.0. The Morgan fingerprint density at radius 1 is 1.26 bits per heavy atom. The van der Waals surface area contributed by atoms with E-state index in [-0.39, 0.29) is 36.7 Å². The summed E-state index contributed by atoms with van der Waals surface area (Å²) in [7, 11) is 0. The topological polar surface area (TPSA) is 99.7 Å². The fraction of sp³-hybridized carbons (Fsp3) is 0.579. The molecule has 1 aromatic rings. The molecular formula is C19H28FN3O4. The van der Waals surface area contributed by atoms with E-state index in [9.17, 15) is 19.1 Å². The highest BCUT2D eigenvalue weighted by molar-refractivity contribution is 5.94. The average Bonchev–Trinajstić information content (AvgIpc) is 2.62. The molecule has 0 radical (unpaired) electrons. The van der Waals surface area contributed by atoms with Crippen LogP contribution in [0.3, 0.4) is 0 Å². The van der Waals surface area contributed by atoms with Gasteiger partial charge in [-0.05, 0) is 57.4 Å². The molecule has 2 rings (SSSR count). The van der Waals surface area contributed by atoms with Crippen LogP contribution in [0.1, 0.15) is 43.5 Å². The zero-order valence-electron chi connectivity index (χ0n) is 15.7. The number of hydrogen-bond donors (Lipinski definition) is 4. The molecule has 0 saturated carbocycles. The van der Waals surface area contributed by atoms with Crippen molar-refractivity contribution < 1.29 is 23.8 Å². The number of urea groups is 1. The molecule has 1 aliphatic rings. The Morgan fingerprint density at radius 3 is 2.59 bits per heavy atom. The van der Waals surface area contributed by atoms with E-state index < -0.39 is 11.9 Å². The SMILES string of the molecule is CC(C)NC(=O)NCC[C@@H]1CC[C@H](NC(=O)c2ccc(F)cc2)[C@@H](CO)O1. The molecule has 0 unspecified atom stereocenters. The first-order chi connectivity index (χ1) is 12.9. The number of ether oxygens (including phenoxy) is 1. The predicted octanol–water partition coefficient (Wildman–Crippen LogP) is 1.56. The number of carbonyl (C=O) groups excluding carboxylic acids is 2. The van der Waals surface area contributed by atoms with Crippen LogP contribution in [-0.4, -0.2) is 54.5 Å². The molecule has 0 spiro atoms. The second-order valence-corrected chi connectivity index (χ2v) is 6.99. The molecule has 1 aromatic carbocycles. The number of aliphatic hydroxyl groups is 1. The number of rotatable bonds is 7. The third kappa shape index (κ3) is 6.80. The highest BCUT2D eigenvalue weighted by Crippen LogP contribution is 2.22. The van der Waals surface area contributed by atoms with Crippen LogP contribution < -0.4 is 16.0 Å². The molecule has 1 fully saturated rings. The van der Waals surface area contributed by atoms with E-state index in [2.05, 4.69) is 16.0 Å². The molecular weight excluding hydrogens is 353 g/mol. The first kappa shape index (κ1) is 21.1. The minimum absolute atomic E-state index is 0.0696. The molecule has 4 N–H and O–H groups in total. The summed E-state index contributed by atoms with van der Waals surface area (Å²) in [6.45, 7) is 4.02. The van der Waals surface area contributed by atoms with Gasteiger partial charge in [-0.3, -0.25) is 4.79 Å². The van der Waals surface area contributed by atoms with Gasteiger partial charge >= 0.3 is 6.03 Å². The fourth-order valence-corrected chi connectivity index (χ4v) is 3.02. The minimum atomic E-state index is -0.516. The Kier molecular flexibility index (Phi) is 7.99. The lowest BCUT2D eigenvalue weighted by Gasteiger charge is -2.36. The quantitative estimate of drug-likeness (QED) is 0.576. The van der Waals surface area contributed by atoms with Gasteiger partial charge in [-0.15, -0.1) is 0 Å². The van der Waals surface area contributed by atoms with Gasteiger partial charge < -0.3 is 25.8 Å². The molecule has 7 nitrogen and oxygen atoms in total. The van der Waals surface area contributed by atoms with E-state index >= 15 is 0 Å². The van der Waals surface area contributed by atoms with Crippen LogP contribution in [0.5, 0.6) is 0 Å². The summed E-state index contributed by atoms with van der Waals surface area (Å²) in [6.07, 6.45) is 1.37. The van der Waals surface area contributed by atoms with Crippen LogP contribution in [0.25, 0.3) is 0 Å². The molecule has 8 heteroatoms. The van der Waals surface area contributed by atoms with Crippen LogP contribution in [0.2, 0.25) is 0 Å². The van der Waals surface area contributed by atoms with E-state index in [4.69, 9.17) is 4.74 Å². The highest BCUT2D eigenvalue weighted by atomic mass is 19.1. The average molecular weight is 381 g/mol. The monoisotopic (exact) mass is 381 g/mol. The Bertz CT molecular complexity index is 624. The second kappa shape index (κ2) is 10.2. The molecule has 0 bridgehead atoms. The molecule has 3 atom stereocenters. The number of carbonyl (C=O) groups is 2. The van der Waals surface area contributed by atoms with Crippen LogP contribution >= 0.6 is 0 Å². The molecule has 27 heavy (non-hydrogen) atoms. The molecule has 0 aliphatic carbocycles. The molecule has 1 saturated heterocycles. The number of nitrogens with one attached hydrogen (secondary N) is 3. The first-order valence-electron chi connectivity index (χ1n) is 9.26. The van der Waals surface area contributed by atoms with E-state index in [0.29, 0.717) is 31.4 Å². The smallest absolute Gasteiger partial charge is 0.314 e. The van der Waals surface area contributed by atoms with Gasteiger partial charge in [-0.1, -0.05) is 0 Å². The van der Waals surface area contributed by atoms with Gasteiger partial charge in [0.15, 0.2) is 0 Å². The van der Waals surface area contributed by atoms with Gasteiger partial charge in [-0.25, -0.2) is 9.18 Å². The lowest BCUT2D eigenvalue weighted by atomic mass is 9.96. The number of hydrogen-bond acceptors (Lipinski definition) is 4. The zero-order chi connectivity index (χ0) is 19.8. The van der Waals surface area contributed by atoms with Gasteiger partial charge in [-0.2, -0.15) is 0 Å². The van der Waals surface area contributed by atoms with Crippen molar-refractivity contribution in [2.75, 3.05) is 13.2 Å². The van der Waals surface area contributed by atoms with Crippen LogP contribution in [0.4, 0.5) is 9.18 Å². The van der Waals surface area contributed by atoms with Crippen LogP contribution in [0, 0.1) is 5.82 Å². The Hall–Kier alpha value is -2.19. The number of amides is 3. The van der Waals surface area contributed by atoms with Crippen molar-refractivity contribution >= 4 is 11.9 Å². The minimum Gasteiger partial charge on any atom is -0.394 e. The maximum Gasteiger partial charge on any atom is 0.314 e. The van der Waals surface area contributed by atoms with Crippen molar-refractivity contribution in [2.45, 2.75) is 57.4 Å². The van der Waals surface area contributed by atoms with Gasteiger partial charge in [0.25, 0.3) is 5.91 Å². The summed E-state index contributed by atoms with van der Waals surface area (Å²) in [6, 6.07) is 4.82. The molecule has 3 amide bonds. The van der Waals surface area contributed by atoms with E-state index in [1.54, 1.807) is 0 Å². The van der Waals surface area contributed by atoms with E-state index in [1.165, 1.54) is 24.3 Å². The van der Waals surface area contributed by atoms with Crippen LogP contribution in [0.15, 0.2) is 24.3 Å². The summed E-state index contributed by atoms with van der Waals surface area (Å²) in [4.78, 5) is 23.8. The third-order valence-corrected chi connectivity index (χ3v) is 4.39. The predicted molar refractivity (Wildman–Crippen MR) is 98.9 cm³/mol. The summed E-state index contributed by atoms with van der Waals surface area (Å²) >= 11 is 0. The number of aliphatic hydroxyl groups excluding tert-OH is 1. The molecule has 150 valence electrons. The molecule has 0 aromatic heterocycles. The number of benzene rings is 1. The summed E-state index contributed by atoms with van der Waals surface area (Å²) < 4.78 is 18.8. The Labute approximate surface area is 158 Å². The summed E-state index contributed by atoms with van der Waals surface area (Å²) in [5, 5.41) is 18.0. The third-order valence-electron chi connectivity index (χ3n) is 4.39. The molecule has 1 aliphatic heterocycles. The lowest BCUT2D eigenvalue weighted by Crippen LogP contribution is -2.51. The maximum absolute atomic E-state index is 13.0. The second-order valence-electron chi connectivity index (χ2n) is 6.99. The summed E-state index contributed by atoms with van der Waals surface area (Å²) in [5.74, 6) is -0.730. The highest BCUT2D eigenvalue weighted by Gasteiger charge is 2.31. The van der Waals surface area contributed by atoms with Crippen molar-refractivity contribution in [3.63, 3.8) is 0 Å². The van der Waals surface area contributed by atoms with Gasteiger partial charge in [0, 0.05) is 18.2 Å². The Morgan fingerprint density at radius 2 is 1.96 bits per heavy atom. The van der Waals surface area contributed by atoms with Gasteiger partial charge in [0.05, 0.1) is 18.8 Å². The van der Waals surface area contributed by atoms with Crippen molar-refractivity contribution in [3.8, 4) is 0 Å². The zero-order valence-corrected chi connectivity index (χ0v) is 15.7. The normalized spacial score (nSPS) is 22.3. The lowest BCUT2D eigenvalue weighted by molar-refractivity contribution is -0.0892. The largest absolute Gasteiger partial charge is 0.394 e. The van der Waals surface area contributed by atoms with Crippen molar-refractivity contribution in [1.82, 2.24) is 16.0 Å². The summed E-state index contributed by atoms with van der Waals surface area (Å²) in [5.41, 5.74) is 0.357. The standard InChI is InChI=1S/C19H28FN3O4/c1-12(2)22-19(26)21-10-9-15-7-8-16(17(11-24)27-15)23-18(25)13-3-5-14(20)6-4-13/h3-6,12,15-17,24H,7-11H2,1-2H3,(H,23,25)(H2,21,22,26)/t15-,16-,17+/m0/s1. The van der Waals surface area contributed by atoms with Crippen LogP contribution in [-0.2, 0) is 4.74 Å². The van der Waals surface area contributed by atoms with Gasteiger partial charge in [0.1, 0.15) is 11.9 Å². The molecule has 1 heterocycles. The van der Waals surface area contributed by atoms with E-state index in [1.807, 2.05) is 13.8 Å². The fourth-order valence-electron chi connectivity index (χ4n) is 3.02. The Balaban J connectivity index is 1.79. The van der Waals surface area contributed by atoms with Crippen molar-refractivity contribution in [1.29, 1.82) is 0 Å². The van der Waals surface area contributed by atoms with Crippen molar-refractivity contribution in [2.24, 2.45) is 0 Å². The van der Waals surface area contributed by atoms with Crippen molar-refractivity contribution in [3.05, 3.63) is 35.6 Å². The van der Waals surface area contributed by atoms with E-state index in [0.717, 1.165) is 0 Å². The first-order valence-corrected chi connectivity index (χ1v) is 9.26.